The van der Waals surface area contributed by atoms with Crippen LogP contribution in [0.4, 0.5) is 4.39 Å². The van der Waals surface area contributed by atoms with Crippen molar-refractivity contribution >= 4 is 0 Å². The molecule has 1 aromatic carbocycles. The van der Waals surface area contributed by atoms with Gasteiger partial charge in [-0.15, -0.1) is 0 Å². The average Bonchev–Trinajstić information content (AvgIpc) is 2.28. The first-order chi connectivity index (χ1) is 7.65. The molecule has 90 valence electrons. The summed E-state index contributed by atoms with van der Waals surface area (Å²) in [5.41, 5.74) is 1.37. The molecule has 1 unspecified atom stereocenters. The largest absolute Gasteiger partial charge is 0.388 e. The molecule has 0 bridgehead atoms. The summed E-state index contributed by atoms with van der Waals surface area (Å²) < 4.78 is 13.0. The summed E-state index contributed by atoms with van der Waals surface area (Å²) in [5, 5.41) is 13.1. The number of hydrogen-bond acceptors (Lipinski definition) is 2. The fourth-order valence-corrected chi connectivity index (χ4v) is 1.58. The van der Waals surface area contributed by atoms with Crippen molar-refractivity contribution in [3.05, 3.63) is 35.1 Å². The first-order valence-corrected chi connectivity index (χ1v) is 5.80. The molecule has 2 N–H and O–H groups in total. The van der Waals surface area contributed by atoms with E-state index in [2.05, 4.69) is 12.2 Å². The van der Waals surface area contributed by atoms with Crippen LogP contribution in [0.1, 0.15) is 37.0 Å². The van der Waals surface area contributed by atoms with Gasteiger partial charge in [0.1, 0.15) is 5.82 Å². The predicted octanol–water partition coefficient (Wildman–Crippen LogP) is 2.56. The predicted molar refractivity (Wildman–Crippen MR) is 63.9 cm³/mol. The minimum atomic E-state index is -0.511. The zero-order valence-electron chi connectivity index (χ0n) is 9.96. The number of hydrogen-bond donors (Lipinski definition) is 2. The minimum Gasteiger partial charge on any atom is -0.388 e. The van der Waals surface area contributed by atoms with Gasteiger partial charge in [0, 0.05) is 0 Å². The van der Waals surface area contributed by atoms with Crippen molar-refractivity contribution in [3.63, 3.8) is 0 Å². The second kappa shape index (κ2) is 6.61. The third-order valence-corrected chi connectivity index (χ3v) is 2.59. The van der Waals surface area contributed by atoms with Crippen molar-refractivity contribution < 1.29 is 9.50 Å². The number of aryl methyl sites for hydroxylation is 1. The Morgan fingerprint density at radius 1 is 1.38 bits per heavy atom. The molecule has 1 aromatic rings. The van der Waals surface area contributed by atoms with Gasteiger partial charge in [-0.2, -0.15) is 0 Å². The van der Waals surface area contributed by atoms with Gasteiger partial charge in [0.15, 0.2) is 0 Å². The quantitative estimate of drug-likeness (QED) is 0.729. The third kappa shape index (κ3) is 3.91. The number of aliphatic hydroxyl groups excluding tert-OH is 1. The van der Waals surface area contributed by atoms with Crippen molar-refractivity contribution in [2.75, 3.05) is 13.1 Å². The number of rotatable bonds is 6. The van der Waals surface area contributed by atoms with Crippen LogP contribution in [-0.4, -0.2) is 18.2 Å². The Hall–Kier alpha value is -0.930. The van der Waals surface area contributed by atoms with E-state index < -0.39 is 6.10 Å². The first kappa shape index (κ1) is 13.1. The Morgan fingerprint density at radius 2 is 2.12 bits per heavy atom. The normalized spacial score (nSPS) is 12.8. The molecule has 3 heteroatoms. The molecule has 0 heterocycles. The van der Waals surface area contributed by atoms with Crippen LogP contribution in [0.3, 0.4) is 0 Å². The van der Waals surface area contributed by atoms with Gasteiger partial charge in [0.25, 0.3) is 0 Å². The van der Waals surface area contributed by atoms with Gasteiger partial charge >= 0.3 is 0 Å². The summed E-state index contributed by atoms with van der Waals surface area (Å²) in [4.78, 5) is 0. The number of aliphatic hydroxyl groups is 1. The molecular formula is C13H20FNO. The van der Waals surface area contributed by atoms with Crippen LogP contribution in [0.15, 0.2) is 18.2 Å². The topological polar surface area (TPSA) is 32.3 Å². The van der Waals surface area contributed by atoms with Gasteiger partial charge in [-0.1, -0.05) is 19.1 Å². The van der Waals surface area contributed by atoms with E-state index in [-0.39, 0.29) is 5.82 Å². The monoisotopic (exact) mass is 225 g/mol. The second-order valence-corrected chi connectivity index (χ2v) is 4.06. The number of benzene rings is 1. The lowest BCUT2D eigenvalue weighted by Crippen LogP contribution is -2.18. The van der Waals surface area contributed by atoms with E-state index in [9.17, 15) is 9.50 Å². The summed E-state index contributed by atoms with van der Waals surface area (Å²) in [5.74, 6) is -0.222. The van der Waals surface area contributed by atoms with Crippen molar-refractivity contribution in [3.8, 4) is 0 Å². The van der Waals surface area contributed by atoms with Crippen LogP contribution in [0.2, 0.25) is 0 Å². The molecular weight excluding hydrogens is 205 g/mol. The van der Waals surface area contributed by atoms with Gasteiger partial charge < -0.3 is 10.4 Å². The molecule has 0 saturated heterocycles. The fraction of sp³-hybridized carbons (Fsp3) is 0.538. The summed E-state index contributed by atoms with van der Waals surface area (Å²) >= 11 is 0. The molecule has 0 amide bonds. The zero-order valence-corrected chi connectivity index (χ0v) is 9.96. The lowest BCUT2D eigenvalue weighted by Gasteiger charge is -2.12. The van der Waals surface area contributed by atoms with Crippen LogP contribution in [-0.2, 0) is 0 Å². The highest BCUT2D eigenvalue weighted by Crippen LogP contribution is 2.18. The molecule has 2 nitrogen and oxygen atoms in total. The van der Waals surface area contributed by atoms with Crippen molar-refractivity contribution in [1.29, 1.82) is 0 Å². The lowest BCUT2D eigenvalue weighted by atomic mass is 10.0. The average molecular weight is 225 g/mol. The van der Waals surface area contributed by atoms with Crippen molar-refractivity contribution in [1.82, 2.24) is 5.32 Å². The molecule has 0 aliphatic rings. The van der Waals surface area contributed by atoms with Crippen LogP contribution in [0, 0.1) is 12.7 Å². The SMILES string of the molecule is CCCNCCC(O)c1ccc(F)c(C)c1. The maximum atomic E-state index is 13.0. The molecule has 0 fully saturated rings. The molecule has 0 radical (unpaired) electrons. The Balaban J connectivity index is 2.46. The van der Waals surface area contributed by atoms with E-state index >= 15 is 0 Å². The highest BCUT2D eigenvalue weighted by atomic mass is 19.1. The molecule has 16 heavy (non-hydrogen) atoms. The smallest absolute Gasteiger partial charge is 0.126 e. The molecule has 0 aliphatic heterocycles. The highest BCUT2D eigenvalue weighted by molar-refractivity contribution is 5.25. The van der Waals surface area contributed by atoms with E-state index in [0.29, 0.717) is 12.0 Å². The van der Waals surface area contributed by atoms with Gasteiger partial charge in [-0.05, 0) is 50.0 Å². The zero-order chi connectivity index (χ0) is 12.0. The Morgan fingerprint density at radius 3 is 2.75 bits per heavy atom. The fourth-order valence-electron chi connectivity index (χ4n) is 1.58. The Labute approximate surface area is 96.5 Å². The van der Waals surface area contributed by atoms with Crippen molar-refractivity contribution in [2.24, 2.45) is 0 Å². The summed E-state index contributed by atoms with van der Waals surface area (Å²) in [6.45, 7) is 5.56. The molecule has 0 spiro atoms. The molecule has 1 atom stereocenters. The molecule has 1 rings (SSSR count). The maximum Gasteiger partial charge on any atom is 0.126 e. The van der Waals surface area contributed by atoms with Gasteiger partial charge in [0.05, 0.1) is 6.10 Å². The van der Waals surface area contributed by atoms with E-state index in [1.807, 2.05) is 0 Å². The van der Waals surface area contributed by atoms with Crippen LogP contribution in [0.25, 0.3) is 0 Å². The molecule has 0 aromatic heterocycles. The summed E-state index contributed by atoms with van der Waals surface area (Å²) in [6.07, 6.45) is 1.24. The maximum absolute atomic E-state index is 13.0. The molecule has 0 aliphatic carbocycles. The van der Waals surface area contributed by atoms with E-state index in [1.165, 1.54) is 6.07 Å². The summed E-state index contributed by atoms with van der Waals surface area (Å²) in [6, 6.07) is 4.76. The summed E-state index contributed by atoms with van der Waals surface area (Å²) in [7, 11) is 0. The van der Waals surface area contributed by atoms with Gasteiger partial charge in [-0.3, -0.25) is 0 Å². The number of nitrogens with one attached hydrogen (secondary N) is 1. The number of halogens is 1. The lowest BCUT2D eigenvalue weighted by molar-refractivity contribution is 0.167. The first-order valence-electron chi connectivity index (χ1n) is 5.80. The van der Waals surface area contributed by atoms with Crippen molar-refractivity contribution in [2.45, 2.75) is 32.8 Å². The van der Waals surface area contributed by atoms with E-state index in [4.69, 9.17) is 0 Å². The second-order valence-electron chi connectivity index (χ2n) is 4.06. The van der Waals surface area contributed by atoms with E-state index in [1.54, 1.807) is 19.1 Å². The Bertz CT molecular complexity index is 328. The third-order valence-electron chi connectivity index (χ3n) is 2.59. The minimum absolute atomic E-state index is 0.222. The van der Waals surface area contributed by atoms with Crippen LogP contribution < -0.4 is 5.32 Å². The molecule has 0 saturated carbocycles. The van der Waals surface area contributed by atoms with E-state index in [0.717, 1.165) is 25.1 Å². The van der Waals surface area contributed by atoms with Crippen LogP contribution >= 0.6 is 0 Å². The Kier molecular flexibility index (Phi) is 5.43. The standard InChI is InChI=1S/C13H20FNO/c1-3-7-15-8-6-13(16)11-4-5-12(14)10(2)9-11/h4-5,9,13,15-16H,3,6-8H2,1-2H3. The highest BCUT2D eigenvalue weighted by Gasteiger charge is 2.08. The van der Waals surface area contributed by atoms with Gasteiger partial charge in [-0.25, -0.2) is 4.39 Å². The van der Waals surface area contributed by atoms with Gasteiger partial charge in [0.2, 0.25) is 0 Å². The van der Waals surface area contributed by atoms with Crippen LogP contribution in [0.5, 0.6) is 0 Å².